The van der Waals surface area contributed by atoms with Crippen molar-refractivity contribution in [3.05, 3.63) is 71.0 Å². The van der Waals surface area contributed by atoms with E-state index in [1.54, 1.807) is 35.1 Å². The number of anilines is 2. The van der Waals surface area contributed by atoms with Crippen LogP contribution in [0.1, 0.15) is 24.2 Å². The molecule has 3 rings (SSSR count). The molecule has 6 nitrogen and oxygen atoms in total. The van der Waals surface area contributed by atoms with Gasteiger partial charge in [0.25, 0.3) is 5.91 Å². The zero-order valence-electron chi connectivity index (χ0n) is 14.9. The standard InChI is InChI=1S/C20H19BrN4O2/c1-13(2)19(26)23-16-4-3-5-17(10-16)24-20(27)14-11-22-25(12-14)18-8-6-15(21)7-9-18/h3-13H,1-2H3,(H,23,26)(H,24,27). The van der Waals surface area contributed by atoms with Gasteiger partial charge in [-0.3, -0.25) is 9.59 Å². The van der Waals surface area contributed by atoms with Crippen molar-refractivity contribution in [3.8, 4) is 5.69 Å². The molecule has 0 aliphatic rings. The smallest absolute Gasteiger partial charge is 0.258 e. The van der Waals surface area contributed by atoms with Gasteiger partial charge < -0.3 is 10.6 Å². The normalized spacial score (nSPS) is 10.7. The summed E-state index contributed by atoms with van der Waals surface area (Å²) in [4.78, 5) is 24.3. The molecule has 0 saturated carbocycles. The Balaban J connectivity index is 1.71. The third-order valence-electron chi connectivity index (χ3n) is 3.85. The lowest BCUT2D eigenvalue weighted by Gasteiger charge is -2.10. The molecule has 2 amide bonds. The Labute approximate surface area is 165 Å². The Morgan fingerprint density at radius 3 is 2.37 bits per heavy atom. The summed E-state index contributed by atoms with van der Waals surface area (Å²) in [6, 6.07) is 14.7. The van der Waals surface area contributed by atoms with E-state index in [1.165, 1.54) is 6.20 Å². The number of benzene rings is 2. The van der Waals surface area contributed by atoms with Crippen molar-refractivity contribution in [2.24, 2.45) is 5.92 Å². The van der Waals surface area contributed by atoms with Crippen molar-refractivity contribution in [2.45, 2.75) is 13.8 Å². The molecule has 0 bridgehead atoms. The Bertz CT molecular complexity index is 964. The second kappa shape index (κ2) is 8.18. The molecule has 138 valence electrons. The van der Waals surface area contributed by atoms with Crippen LogP contribution in [-0.4, -0.2) is 21.6 Å². The molecule has 2 aromatic carbocycles. The van der Waals surface area contributed by atoms with Gasteiger partial charge in [0.15, 0.2) is 0 Å². The number of aromatic nitrogens is 2. The largest absolute Gasteiger partial charge is 0.326 e. The highest BCUT2D eigenvalue weighted by Crippen LogP contribution is 2.18. The molecule has 0 radical (unpaired) electrons. The molecule has 7 heteroatoms. The van der Waals surface area contributed by atoms with Crippen LogP contribution < -0.4 is 10.6 Å². The first-order valence-electron chi connectivity index (χ1n) is 8.45. The molecule has 3 aromatic rings. The van der Waals surface area contributed by atoms with Crippen LogP contribution in [-0.2, 0) is 4.79 Å². The highest BCUT2D eigenvalue weighted by Gasteiger charge is 2.11. The molecule has 0 aliphatic heterocycles. The third-order valence-corrected chi connectivity index (χ3v) is 4.38. The Hall–Kier alpha value is -2.93. The van der Waals surface area contributed by atoms with Crippen molar-refractivity contribution in [1.82, 2.24) is 9.78 Å². The molecule has 1 heterocycles. The van der Waals surface area contributed by atoms with E-state index in [-0.39, 0.29) is 17.7 Å². The summed E-state index contributed by atoms with van der Waals surface area (Å²) in [7, 11) is 0. The van der Waals surface area contributed by atoms with Gasteiger partial charge >= 0.3 is 0 Å². The highest BCUT2D eigenvalue weighted by atomic mass is 79.9. The lowest BCUT2D eigenvalue weighted by Crippen LogP contribution is -2.18. The van der Waals surface area contributed by atoms with E-state index in [9.17, 15) is 9.59 Å². The highest BCUT2D eigenvalue weighted by molar-refractivity contribution is 9.10. The molecule has 0 atom stereocenters. The maximum atomic E-state index is 12.5. The minimum absolute atomic E-state index is 0.0748. The van der Waals surface area contributed by atoms with Crippen LogP contribution in [0.15, 0.2) is 65.4 Å². The Morgan fingerprint density at radius 2 is 1.70 bits per heavy atom. The van der Waals surface area contributed by atoms with Gasteiger partial charge in [0, 0.05) is 28.0 Å². The molecule has 0 aliphatic carbocycles. The van der Waals surface area contributed by atoms with Gasteiger partial charge in [-0.15, -0.1) is 0 Å². The third kappa shape index (κ3) is 4.83. The van der Waals surface area contributed by atoms with Crippen LogP contribution in [0.25, 0.3) is 5.69 Å². The summed E-state index contributed by atoms with van der Waals surface area (Å²) in [5, 5.41) is 9.88. The van der Waals surface area contributed by atoms with Gasteiger partial charge in [-0.2, -0.15) is 5.10 Å². The van der Waals surface area contributed by atoms with E-state index in [2.05, 4.69) is 31.7 Å². The van der Waals surface area contributed by atoms with E-state index < -0.39 is 0 Å². The number of halogens is 1. The van der Waals surface area contributed by atoms with Crippen LogP contribution in [0.5, 0.6) is 0 Å². The first kappa shape index (κ1) is 18.8. The number of carbonyl (C=O) groups excluding carboxylic acids is 2. The monoisotopic (exact) mass is 426 g/mol. The number of carbonyl (C=O) groups is 2. The Kier molecular flexibility index (Phi) is 5.71. The van der Waals surface area contributed by atoms with Gasteiger partial charge in [-0.05, 0) is 42.5 Å². The minimum Gasteiger partial charge on any atom is -0.326 e. The first-order chi connectivity index (χ1) is 12.9. The molecule has 0 saturated heterocycles. The van der Waals surface area contributed by atoms with Crippen LogP contribution in [0.4, 0.5) is 11.4 Å². The lowest BCUT2D eigenvalue weighted by atomic mass is 10.2. The lowest BCUT2D eigenvalue weighted by molar-refractivity contribution is -0.118. The SMILES string of the molecule is CC(C)C(=O)Nc1cccc(NC(=O)c2cnn(-c3ccc(Br)cc3)c2)c1. The molecular weight excluding hydrogens is 408 g/mol. The maximum absolute atomic E-state index is 12.5. The van der Waals surface area contributed by atoms with Crippen molar-refractivity contribution in [2.75, 3.05) is 10.6 Å². The molecule has 1 aromatic heterocycles. The van der Waals surface area contributed by atoms with Crippen molar-refractivity contribution in [3.63, 3.8) is 0 Å². The second-order valence-electron chi connectivity index (χ2n) is 6.33. The van der Waals surface area contributed by atoms with Crippen LogP contribution in [0.2, 0.25) is 0 Å². The summed E-state index contributed by atoms with van der Waals surface area (Å²) >= 11 is 3.39. The van der Waals surface area contributed by atoms with Crippen LogP contribution >= 0.6 is 15.9 Å². The number of nitrogens with zero attached hydrogens (tertiary/aromatic N) is 2. The predicted molar refractivity (Wildman–Crippen MR) is 109 cm³/mol. The number of nitrogens with one attached hydrogen (secondary N) is 2. The average Bonchev–Trinajstić information content (AvgIpc) is 3.13. The van der Waals surface area contributed by atoms with Crippen molar-refractivity contribution >= 4 is 39.1 Å². The summed E-state index contributed by atoms with van der Waals surface area (Å²) < 4.78 is 2.61. The second-order valence-corrected chi connectivity index (χ2v) is 7.24. The van der Waals surface area contributed by atoms with E-state index in [0.717, 1.165) is 10.2 Å². The molecule has 2 N–H and O–H groups in total. The fraction of sp³-hybridized carbons (Fsp3) is 0.150. The van der Waals surface area contributed by atoms with Gasteiger partial charge in [-0.25, -0.2) is 4.68 Å². The van der Waals surface area contributed by atoms with Crippen LogP contribution in [0, 0.1) is 5.92 Å². The van der Waals surface area contributed by atoms with Gasteiger partial charge in [0.1, 0.15) is 0 Å². The van der Waals surface area contributed by atoms with Crippen LogP contribution in [0.3, 0.4) is 0 Å². The zero-order chi connectivity index (χ0) is 19.4. The molecule has 0 spiro atoms. The molecular formula is C20H19BrN4O2. The zero-order valence-corrected chi connectivity index (χ0v) is 16.5. The van der Waals surface area contributed by atoms with Crippen molar-refractivity contribution in [1.29, 1.82) is 0 Å². The van der Waals surface area contributed by atoms with Gasteiger partial charge in [0.2, 0.25) is 5.91 Å². The topological polar surface area (TPSA) is 76.0 Å². The summed E-state index contributed by atoms with van der Waals surface area (Å²) in [6.07, 6.45) is 3.19. The van der Waals surface area contributed by atoms with E-state index in [4.69, 9.17) is 0 Å². The number of hydrogen-bond acceptors (Lipinski definition) is 3. The molecule has 0 unspecified atom stereocenters. The van der Waals surface area contributed by atoms with Gasteiger partial charge in [-0.1, -0.05) is 35.8 Å². The first-order valence-corrected chi connectivity index (χ1v) is 9.24. The number of amides is 2. The number of hydrogen-bond donors (Lipinski definition) is 2. The fourth-order valence-electron chi connectivity index (χ4n) is 2.34. The summed E-state index contributed by atoms with van der Waals surface area (Å²) in [5.41, 5.74) is 2.53. The average molecular weight is 427 g/mol. The summed E-state index contributed by atoms with van der Waals surface area (Å²) in [5.74, 6) is -0.465. The quantitative estimate of drug-likeness (QED) is 0.631. The van der Waals surface area contributed by atoms with E-state index in [1.807, 2.05) is 38.1 Å². The van der Waals surface area contributed by atoms with E-state index in [0.29, 0.717) is 16.9 Å². The van der Waals surface area contributed by atoms with Crippen molar-refractivity contribution < 1.29 is 9.59 Å². The Morgan fingerprint density at radius 1 is 1.04 bits per heavy atom. The summed E-state index contributed by atoms with van der Waals surface area (Å²) in [6.45, 7) is 3.65. The molecule has 27 heavy (non-hydrogen) atoms. The fourth-order valence-corrected chi connectivity index (χ4v) is 2.60. The molecule has 0 fully saturated rings. The van der Waals surface area contributed by atoms with Gasteiger partial charge in [0.05, 0.1) is 17.4 Å². The number of rotatable bonds is 5. The maximum Gasteiger partial charge on any atom is 0.258 e. The minimum atomic E-state index is -0.273. The predicted octanol–water partition coefficient (Wildman–Crippen LogP) is 4.48. The van der Waals surface area contributed by atoms with E-state index >= 15 is 0 Å².